The van der Waals surface area contributed by atoms with E-state index in [0.717, 1.165) is 5.69 Å². The molecule has 0 aliphatic heterocycles. The molecule has 21 heavy (non-hydrogen) atoms. The standard InChI is InChI=1S/C16H19N3O2/c1-13(12-18(2)14-8-4-3-5-9-14)17-16(20)15-10-6-7-11-19(15)21/h3-11,13H,12H2,1-2H3,(H,17,20)/t13-/m1/s1. The van der Waals surface area contributed by atoms with Crippen LogP contribution >= 0.6 is 0 Å². The maximum atomic E-state index is 12.0. The normalized spacial score (nSPS) is 11.7. The Balaban J connectivity index is 1.94. The van der Waals surface area contributed by atoms with Crippen LogP contribution in [-0.4, -0.2) is 25.5 Å². The van der Waals surface area contributed by atoms with E-state index in [0.29, 0.717) is 11.3 Å². The molecule has 1 aromatic carbocycles. The Morgan fingerprint density at radius 1 is 1.24 bits per heavy atom. The van der Waals surface area contributed by atoms with Gasteiger partial charge in [0.1, 0.15) is 0 Å². The van der Waals surface area contributed by atoms with E-state index in [1.54, 1.807) is 12.1 Å². The van der Waals surface area contributed by atoms with Crippen LogP contribution in [-0.2, 0) is 0 Å². The Kier molecular flexibility index (Phi) is 4.77. The van der Waals surface area contributed by atoms with Gasteiger partial charge in [-0.15, -0.1) is 0 Å². The molecular weight excluding hydrogens is 266 g/mol. The fraction of sp³-hybridized carbons (Fsp3) is 0.250. The van der Waals surface area contributed by atoms with Crippen LogP contribution in [0.4, 0.5) is 5.69 Å². The number of nitrogens with one attached hydrogen (secondary N) is 1. The van der Waals surface area contributed by atoms with Crippen LogP contribution in [0.1, 0.15) is 17.4 Å². The lowest BCUT2D eigenvalue weighted by atomic mass is 10.2. The molecule has 0 saturated heterocycles. The Morgan fingerprint density at radius 3 is 2.57 bits per heavy atom. The molecule has 5 heteroatoms. The highest BCUT2D eigenvalue weighted by atomic mass is 16.5. The minimum Gasteiger partial charge on any atom is -0.618 e. The van der Waals surface area contributed by atoms with Crippen molar-refractivity contribution in [2.45, 2.75) is 13.0 Å². The van der Waals surface area contributed by atoms with Gasteiger partial charge >= 0.3 is 5.91 Å². The minimum atomic E-state index is -0.362. The highest BCUT2D eigenvalue weighted by Gasteiger charge is 2.17. The van der Waals surface area contributed by atoms with Gasteiger partial charge in [-0.05, 0) is 25.1 Å². The smallest absolute Gasteiger partial charge is 0.317 e. The summed E-state index contributed by atoms with van der Waals surface area (Å²) in [5, 5.41) is 14.4. The van der Waals surface area contributed by atoms with E-state index in [2.05, 4.69) is 10.2 Å². The molecule has 0 radical (unpaired) electrons. The van der Waals surface area contributed by atoms with Crippen molar-refractivity contribution in [2.75, 3.05) is 18.5 Å². The van der Waals surface area contributed by atoms with Crippen LogP contribution in [0.2, 0.25) is 0 Å². The SMILES string of the molecule is C[C@H](CN(C)c1ccccc1)NC(=O)c1cccc[n+]1[O-]. The zero-order valence-electron chi connectivity index (χ0n) is 12.2. The number of pyridine rings is 1. The Labute approximate surface area is 124 Å². The van der Waals surface area contributed by atoms with Gasteiger partial charge in [0.2, 0.25) is 0 Å². The summed E-state index contributed by atoms with van der Waals surface area (Å²) in [6.45, 7) is 2.57. The van der Waals surface area contributed by atoms with E-state index >= 15 is 0 Å². The van der Waals surface area contributed by atoms with Crippen molar-refractivity contribution in [3.8, 4) is 0 Å². The van der Waals surface area contributed by atoms with Crippen molar-refractivity contribution < 1.29 is 9.52 Å². The number of likely N-dealkylation sites (N-methyl/N-ethyl adjacent to an activating group) is 1. The van der Waals surface area contributed by atoms with E-state index in [9.17, 15) is 10.0 Å². The Hall–Kier alpha value is -2.56. The van der Waals surface area contributed by atoms with Gasteiger partial charge in [-0.2, -0.15) is 4.73 Å². The number of para-hydroxylation sites is 1. The van der Waals surface area contributed by atoms with Crippen LogP contribution in [0.3, 0.4) is 0 Å². The molecule has 1 atom stereocenters. The van der Waals surface area contributed by atoms with Crippen LogP contribution in [0.5, 0.6) is 0 Å². The van der Waals surface area contributed by atoms with Crippen molar-refractivity contribution in [3.05, 3.63) is 65.6 Å². The largest absolute Gasteiger partial charge is 0.618 e. The fourth-order valence-electron chi connectivity index (χ4n) is 2.15. The molecule has 0 spiro atoms. The maximum Gasteiger partial charge on any atom is 0.317 e. The van der Waals surface area contributed by atoms with E-state index in [-0.39, 0.29) is 17.6 Å². The number of carbonyl (C=O) groups excluding carboxylic acids is 1. The lowest BCUT2D eigenvalue weighted by Crippen LogP contribution is -2.45. The molecule has 1 heterocycles. The monoisotopic (exact) mass is 285 g/mol. The predicted octanol–water partition coefficient (Wildman–Crippen LogP) is 1.57. The third-order valence-corrected chi connectivity index (χ3v) is 3.18. The summed E-state index contributed by atoms with van der Waals surface area (Å²) in [6.07, 6.45) is 1.32. The number of aromatic nitrogens is 1. The second kappa shape index (κ2) is 6.74. The molecule has 110 valence electrons. The molecule has 1 aromatic heterocycles. The van der Waals surface area contributed by atoms with E-state index in [4.69, 9.17) is 0 Å². The number of carbonyl (C=O) groups is 1. The number of rotatable bonds is 5. The van der Waals surface area contributed by atoms with Crippen LogP contribution < -0.4 is 14.9 Å². The van der Waals surface area contributed by atoms with Gasteiger partial charge in [0.15, 0.2) is 6.20 Å². The molecule has 0 aliphatic carbocycles. The lowest BCUT2D eigenvalue weighted by Gasteiger charge is -2.23. The predicted molar refractivity (Wildman–Crippen MR) is 82.0 cm³/mol. The summed E-state index contributed by atoms with van der Waals surface area (Å²) < 4.78 is 0.572. The third-order valence-electron chi connectivity index (χ3n) is 3.18. The first-order valence-corrected chi connectivity index (χ1v) is 6.83. The van der Waals surface area contributed by atoms with E-state index < -0.39 is 0 Å². The molecule has 0 fully saturated rings. The van der Waals surface area contributed by atoms with Gasteiger partial charge < -0.3 is 15.4 Å². The third kappa shape index (κ3) is 3.95. The Bertz CT molecular complexity index is 601. The van der Waals surface area contributed by atoms with Gasteiger partial charge in [0.05, 0.1) is 0 Å². The molecule has 2 rings (SSSR count). The van der Waals surface area contributed by atoms with Crippen LogP contribution in [0.25, 0.3) is 0 Å². The molecular formula is C16H19N3O2. The number of amides is 1. The molecule has 0 bridgehead atoms. The van der Waals surface area contributed by atoms with Gasteiger partial charge in [-0.25, -0.2) is 0 Å². The first-order chi connectivity index (χ1) is 10.1. The highest BCUT2D eigenvalue weighted by molar-refractivity contribution is 5.91. The Morgan fingerprint density at radius 2 is 1.90 bits per heavy atom. The van der Waals surface area contributed by atoms with Crippen molar-refractivity contribution in [2.24, 2.45) is 0 Å². The first-order valence-electron chi connectivity index (χ1n) is 6.83. The summed E-state index contributed by atoms with van der Waals surface area (Å²) >= 11 is 0. The maximum absolute atomic E-state index is 12.0. The molecule has 1 N–H and O–H groups in total. The first kappa shape index (κ1) is 14.8. The summed E-state index contributed by atoms with van der Waals surface area (Å²) in [4.78, 5) is 14.1. The average molecular weight is 285 g/mol. The number of nitrogens with zero attached hydrogens (tertiary/aromatic N) is 2. The number of hydrogen-bond acceptors (Lipinski definition) is 3. The molecule has 5 nitrogen and oxygen atoms in total. The molecule has 0 saturated carbocycles. The lowest BCUT2D eigenvalue weighted by molar-refractivity contribution is -0.607. The summed E-state index contributed by atoms with van der Waals surface area (Å²) in [7, 11) is 1.97. The van der Waals surface area contributed by atoms with Crippen LogP contribution in [0.15, 0.2) is 54.7 Å². The van der Waals surface area contributed by atoms with E-state index in [1.807, 2.05) is 44.3 Å². The van der Waals surface area contributed by atoms with Crippen molar-refractivity contribution >= 4 is 11.6 Å². The highest BCUT2D eigenvalue weighted by Crippen LogP contribution is 2.11. The van der Waals surface area contributed by atoms with E-state index in [1.165, 1.54) is 12.3 Å². The van der Waals surface area contributed by atoms with Gasteiger partial charge in [-0.3, -0.25) is 4.79 Å². The summed E-state index contributed by atoms with van der Waals surface area (Å²) in [5.74, 6) is -0.362. The number of anilines is 1. The van der Waals surface area contributed by atoms with Crippen LogP contribution in [0, 0.1) is 5.21 Å². The summed E-state index contributed by atoms with van der Waals surface area (Å²) in [5.41, 5.74) is 1.18. The fourth-order valence-corrected chi connectivity index (χ4v) is 2.15. The van der Waals surface area contributed by atoms with Gasteiger partial charge in [0.25, 0.3) is 5.69 Å². The molecule has 0 unspecified atom stereocenters. The van der Waals surface area contributed by atoms with Crippen molar-refractivity contribution in [3.63, 3.8) is 0 Å². The number of benzene rings is 1. The molecule has 2 aromatic rings. The number of hydrogen-bond donors (Lipinski definition) is 1. The molecule has 1 amide bonds. The zero-order valence-corrected chi connectivity index (χ0v) is 12.2. The summed E-state index contributed by atoms with van der Waals surface area (Å²) in [6, 6.07) is 14.6. The minimum absolute atomic E-state index is 0.0806. The van der Waals surface area contributed by atoms with Gasteiger partial charge in [-0.1, -0.05) is 18.2 Å². The second-order valence-electron chi connectivity index (χ2n) is 5.00. The second-order valence-corrected chi connectivity index (χ2v) is 5.00. The van der Waals surface area contributed by atoms with Gasteiger partial charge in [0, 0.05) is 37.5 Å². The van der Waals surface area contributed by atoms with Crippen molar-refractivity contribution in [1.82, 2.24) is 5.32 Å². The quantitative estimate of drug-likeness (QED) is 0.670. The average Bonchev–Trinajstić information content (AvgIpc) is 2.48. The van der Waals surface area contributed by atoms with Crippen molar-refractivity contribution in [1.29, 1.82) is 0 Å². The molecule has 0 aliphatic rings. The zero-order chi connectivity index (χ0) is 15.2. The topological polar surface area (TPSA) is 59.3 Å².